The summed E-state index contributed by atoms with van der Waals surface area (Å²) in [6, 6.07) is 26.3. The van der Waals surface area contributed by atoms with Gasteiger partial charge in [-0.15, -0.1) is 0 Å². The van der Waals surface area contributed by atoms with Crippen LogP contribution in [0.3, 0.4) is 0 Å². The van der Waals surface area contributed by atoms with Gasteiger partial charge >= 0.3 is 0 Å². The maximum atomic E-state index is 12.5. The van der Waals surface area contributed by atoms with Crippen LogP contribution in [0.5, 0.6) is 0 Å². The summed E-state index contributed by atoms with van der Waals surface area (Å²) in [5.41, 5.74) is 3.05. The van der Waals surface area contributed by atoms with Crippen molar-refractivity contribution >= 4 is 10.1 Å². The van der Waals surface area contributed by atoms with E-state index in [1.54, 1.807) is 24.3 Å². The van der Waals surface area contributed by atoms with Crippen LogP contribution in [0, 0.1) is 6.92 Å². The topological polar surface area (TPSA) is 43.4 Å². The summed E-state index contributed by atoms with van der Waals surface area (Å²) in [6.07, 6.45) is 0. The quantitative estimate of drug-likeness (QED) is 0.612. The molecule has 3 nitrogen and oxygen atoms in total. The highest BCUT2D eigenvalue weighted by molar-refractivity contribution is 7.86. The molecule has 128 valence electrons. The van der Waals surface area contributed by atoms with Gasteiger partial charge in [0, 0.05) is 5.92 Å². The van der Waals surface area contributed by atoms with E-state index in [2.05, 4.69) is 0 Å². The molecule has 0 spiro atoms. The molecule has 0 N–H and O–H groups in total. The molecule has 3 aromatic carbocycles. The monoisotopic (exact) mass is 352 g/mol. The molecule has 0 unspecified atom stereocenters. The first-order valence-corrected chi connectivity index (χ1v) is 9.53. The molecule has 0 bridgehead atoms. The second-order valence-corrected chi connectivity index (χ2v) is 7.54. The van der Waals surface area contributed by atoms with Gasteiger partial charge in [-0.05, 0) is 30.2 Å². The molecule has 0 aromatic heterocycles. The van der Waals surface area contributed by atoms with Crippen LogP contribution >= 0.6 is 0 Å². The van der Waals surface area contributed by atoms with Gasteiger partial charge in [-0.25, -0.2) is 0 Å². The van der Waals surface area contributed by atoms with E-state index in [1.165, 1.54) is 0 Å². The Morgan fingerprint density at radius 3 is 1.72 bits per heavy atom. The third kappa shape index (κ3) is 4.35. The second-order valence-electron chi connectivity index (χ2n) is 5.93. The van der Waals surface area contributed by atoms with Gasteiger partial charge < -0.3 is 0 Å². The van der Waals surface area contributed by atoms with Crippen LogP contribution in [0.1, 0.15) is 22.6 Å². The van der Waals surface area contributed by atoms with Crippen LogP contribution in [0.4, 0.5) is 0 Å². The Labute approximate surface area is 149 Å². The first kappa shape index (κ1) is 17.4. The predicted molar refractivity (Wildman–Crippen MR) is 99.0 cm³/mol. The van der Waals surface area contributed by atoms with E-state index in [1.807, 2.05) is 67.6 Å². The van der Waals surface area contributed by atoms with Gasteiger partial charge in [-0.1, -0.05) is 78.4 Å². The molecule has 0 amide bonds. The molecule has 0 saturated carbocycles. The zero-order valence-corrected chi connectivity index (χ0v) is 14.8. The SMILES string of the molecule is Cc1ccc(S(=O)(=O)OCC(c2ccccc2)c2ccccc2)cc1. The van der Waals surface area contributed by atoms with Crippen molar-refractivity contribution in [3.05, 3.63) is 102 Å². The third-order valence-electron chi connectivity index (χ3n) is 4.10. The largest absolute Gasteiger partial charge is 0.297 e. The van der Waals surface area contributed by atoms with Crippen LogP contribution in [-0.4, -0.2) is 15.0 Å². The average molecular weight is 352 g/mol. The molecule has 0 fully saturated rings. The minimum atomic E-state index is -3.79. The van der Waals surface area contributed by atoms with Crippen molar-refractivity contribution in [3.8, 4) is 0 Å². The van der Waals surface area contributed by atoms with E-state index in [9.17, 15) is 8.42 Å². The van der Waals surface area contributed by atoms with Crippen molar-refractivity contribution in [2.45, 2.75) is 17.7 Å². The van der Waals surface area contributed by atoms with Gasteiger partial charge in [-0.3, -0.25) is 4.18 Å². The van der Waals surface area contributed by atoms with Gasteiger partial charge in [-0.2, -0.15) is 8.42 Å². The number of hydrogen-bond donors (Lipinski definition) is 0. The summed E-state index contributed by atoms with van der Waals surface area (Å²) in [7, 11) is -3.79. The van der Waals surface area contributed by atoms with E-state index in [0.717, 1.165) is 16.7 Å². The summed E-state index contributed by atoms with van der Waals surface area (Å²) in [4.78, 5) is 0.179. The minimum absolute atomic E-state index is 0.0598. The zero-order valence-electron chi connectivity index (χ0n) is 14.0. The molecule has 0 aliphatic carbocycles. The lowest BCUT2D eigenvalue weighted by Gasteiger charge is -2.18. The lowest BCUT2D eigenvalue weighted by molar-refractivity contribution is 0.305. The highest BCUT2D eigenvalue weighted by atomic mass is 32.2. The molecule has 3 rings (SSSR count). The van der Waals surface area contributed by atoms with Gasteiger partial charge in [0.2, 0.25) is 0 Å². The first-order valence-electron chi connectivity index (χ1n) is 8.12. The second kappa shape index (κ2) is 7.64. The Kier molecular flexibility index (Phi) is 5.31. The minimum Gasteiger partial charge on any atom is -0.265 e. The van der Waals surface area contributed by atoms with Crippen molar-refractivity contribution < 1.29 is 12.6 Å². The van der Waals surface area contributed by atoms with Crippen LogP contribution in [-0.2, 0) is 14.3 Å². The van der Waals surface area contributed by atoms with Gasteiger partial charge in [0.25, 0.3) is 10.1 Å². The van der Waals surface area contributed by atoms with Crippen molar-refractivity contribution in [1.82, 2.24) is 0 Å². The molecule has 0 heterocycles. The number of hydrogen-bond acceptors (Lipinski definition) is 3. The maximum absolute atomic E-state index is 12.5. The molecule has 0 aliphatic rings. The average Bonchev–Trinajstić information content (AvgIpc) is 2.64. The molecule has 0 atom stereocenters. The van der Waals surface area contributed by atoms with Crippen LogP contribution in [0.25, 0.3) is 0 Å². The zero-order chi connectivity index (χ0) is 17.7. The van der Waals surface area contributed by atoms with Crippen LogP contribution in [0.2, 0.25) is 0 Å². The van der Waals surface area contributed by atoms with E-state index in [4.69, 9.17) is 4.18 Å². The normalized spacial score (nSPS) is 11.6. The summed E-state index contributed by atoms with van der Waals surface area (Å²) >= 11 is 0. The van der Waals surface area contributed by atoms with Crippen LogP contribution < -0.4 is 0 Å². The molecule has 0 radical (unpaired) electrons. The third-order valence-corrected chi connectivity index (χ3v) is 5.40. The number of benzene rings is 3. The van der Waals surface area contributed by atoms with E-state index >= 15 is 0 Å². The molecule has 0 aliphatic heterocycles. The predicted octanol–water partition coefficient (Wildman–Crippen LogP) is 4.53. The Bertz CT molecular complexity index is 863. The Balaban J connectivity index is 1.85. The molecule has 4 heteroatoms. The van der Waals surface area contributed by atoms with Crippen molar-refractivity contribution in [1.29, 1.82) is 0 Å². The van der Waals surface area contributed by atoms with E-state index < -0.39 is 10.1 Å². The highest BCUT2D eigenvalue weighted by Gasteiger charge is 2.20. The fraction of sp³-hybridized carbons (Fsp3) is 0.143. The molecular weight excluding hydrogens is 332 g/mol. The fourth-order valence-electron chi connectivity index (χ4n) is 2.69. The fourth-order valence-corrected chi connectivity index (χ4v) is 3.61. The van der Waals surface area contributed by atoms with E-state index in [0.29, 0.717) is 0 Å². The maximum Gasteiger partial charge on any atom is 0.297 e. The Morgan fingerprint density at radius 1 is 0.760 bits per heavy atom. The molecule has 25 heavy (non-hydrogen) atoms. The smallest absolute Gasteiger partial charge is 0.265 e. The Hall–Kier alpha value is -2.43. The number of rotatable bonds is 6. The molecule has 0 saturated heterocycles. The lowest BCUT2D eigenvalue weighted by Crippen LogP contribution is -2.14. The van der Waals surface area contributed by atoms with Crippen molar-refractivity contribution in [2.75, 3.05) is 6.61 Å². The van der Waals surface area contributed by atoms with Gasteiger partial charge in [0.1, 0.15) is 0 Å². The number of aryl methyl sites for hydroxylation is 1. The summed E-state index contributed by atoms with van der Waals surface area (Å²) in [5, 5.41) is 0. The summed E-state index contributed by atoms with van der Waals surface area (Å²) in [5.74, 6) is -0.150. The van der Waals surface area contributed by atoms with E-state index in [-0.39, 0.29) is 17.4 Å². The summed E-state index contributed by atoms with van der Waals surface area (Å²) in [6.45, 7) is 1.97. The standard InChI is InChI=1S/C21H20O3S/c1-17-12-14-20(15-13-17)25(22,23)24-16-21(18-8-4-2-5-9-18)19-10-6-3-7-11-19/h2-15,21H,16H2,1H3. The van der Waals surface area contributed by atoms with Crippen LogP contribution in [0.15, 0.2) is 89.8 Å². The van der Waals surface area contributed by atoms with Crippen molar-refractivity contribution in [2.24, 2.45) is 0 Å². The van der Waals surface area contributed by atoms with Gasteiger partial charge in [0.05, 0.1) is 11.5 Å². The Morgan fingerprint density at radius 2 is 1.24 bits per heavy atom. The molecular formula is C21H20O3S. The lowest BCUT2D eigenvalue weighted by atomic mass is 9.92. The first-order chi connectivity index (χ1) is 12.1. The van der Waals surface area contributed by atoms with Crippen molar-refractivity contribution in [3.63, 3.8) is 0 Å². The molecule has 3 aromatic rings. The van der Waals surface area contributed by atoms with Gasteiger partial charge in [0.15, 0.2) is 0 Å². The highest BCUT2D eigenvalue weighted by Crippen LogP contribution is 2.26. The summed E-state index contributed by atoms with van der Waals surface area (Å²) < 4.78 is 30.4.